The summed E-state index contributed by atoms with van der Waals surface area (Å²) in [5.41, 5.74) is -0.108. The molecule has 0 aliphatic heterocycles. The highest BCUT2D eigenvalue weighted by Gasteiger charge is 2.36. The average Bonchev–Trinajstić information content (AvgIpc) is 3.09. The predicted molar refractivity (Wildman–Crippen MR) is 83.8 cm³/mol. The van der Waals surface area contributed by atoms with E-state index in [1.54, 1.807) is 12.1 Å². The number of benzene rings is 1. The SMILES string of the molecule is CC1CC1c1ccc(C=C(C#N)C(=O)Nc2ccccc2F)o1. The Hall–Kier alpha value is -2.87. The molecule has 0 bridgehead atoms. The van der Waals surface area contributed by atoms with Crippen molar-refractivity contribution in [3.05, 3.63) is 59.3 Å². The Morgan fingerprint density at radius 1 is 1.39 bits per heavy atom. The van der Waals surface area contributed by atoms with Crippen molar-refractivity contribution >= 4 is 17.7 Å². The summed E-state index contributed by atoms with van der Waals surface area (Å²) in [5.74, 6) is 1.12. The molecule has 1 saturated carbocycles. The molecule has 4 nitrogen and oxygen atoms in total. The number of hydrogen-bond acceptors (Lipinski definition) is 3. The van der Waals surface area contributed by atoms with E-state index in [1.165, 1.54) is 24.3 Å². The number of para-hydroxylation sites is 1. The molecule has 5 heteroatoms. The molecule has 1 N–H and O–H groups in total. The zero-order chi connectivity index (χ0) is 16.4. The van der Waals surface area contributed by atoms with Crippen molar-refractivity contribution < 1.29 is 13.6 Å². The lowest BCUT2D eigenvalue weighted by Gasteiger charge is -2.04. The number of furan rings is 1. The molecule has 1 heterocycles. The first-order chi connectivity index (χ1) is 11.1. The molecule has 2 unspecified atom stereocenters. The van der Waals surface area contributed by atoms with Gasteiger partial charge in [-0.15, -0.1) is 0 Å². The summed E-state index contributed by atoms with van der Waals surface area (Å²) in [6, 6.07) is 11.2. The van der Waals surface area contributed by atoms with Crippen LogP contribution in [0.25, 0.3) is 6.08 Å². The van der Waals surface area contributed by atoms with Gasteiger partial charge in [-0.1, -0.05) is 19.1 Å². The van der Waals surface area contributed by atoms with Gasteiger partial charge in [0.15, 0.2) is 0 Å². The molecule has 1 aliphatic rings. The molecule has 1 amide bonds. The number of nitrogens with one attached hydrogen (secondary N) is 1. The number of nitrogens with zero attached hydrogens (tertiary/aromatic N) is 1. The van der Waals surface area contributed by atoms with Crippen molar-refractivity contribution in [2.24, 2.45) is 5.92 Å². The second kappa shape index (κ2) is 6.09. The number of carbonyl (C=O) groups is 1. The van der Waals surface area contributed by atoms with E-state index in [0.29, 0.717) is 17.6 Å². The lowest BCUT2D eigenvalue weighted by molar-refractivity contribution is -0.112. The maximum atomic E-state index is 13.5. The monoisotopic (exact) mass is 310 g/mol. The Morgan fingerprint density at radius 2 is 2.13 bits per heavy atom. The van der Waals surface area contributed by atoms with Crippen molar-refractivity contribution in [3.63, 3.8) is 0 Å². The van der Waals surface area contributed by atoms with E-state index in [-0.39, 0.29) is 11.3 Å². The Kier molecular flexibility index (Phi) is 3.98. The summed E-state index contributed by atoms with van der Waals surface area (Å²) in [5, 5.41) is 11.5. The minimum atomic E-state index is -0.671. The summed E-state index contributed by atoms with van der Waals surface area (Å²) >= 11 is 0. The first kappa shape index (κ1) is 15.0. The fourth-order valence-corrected chi connectivity index (χ4v) is 2.41. The van der Waals surface area contributed by atoms with Crippen LogP contribution in [0.4, 0.5) is 10.1 Å². The van der Waals surface area contributed by atoms with Crippen LogP contribution in [-0.2, 0) is 4.79 Å². The highest BCUT2D eigenvalue weighted by Crippen LogP contribution is 2.47. The van der Waals surface area contributed by atoms with Crippen molar-refractivity contribution in [1.82, 2.24) is 0 Å². The molecule has 0 radical (unpaired) electrons. The van der Waals surface area contributed by atoms with E-state index in [0.717, 1.165) is 12.2 Å². The third-order valence-electron chi connectivity index (χ3n) is 3.90. The second-order valence-corrected chi connectivity index (χ2v) is 5.66. The predicted octanol–water partition coefficient (Wildman–Crippen LogP) is 4.09. The molecule has 0 spiro atoms. The largest absolute Gasteiger partial charge is 0.461 e. The summed E-state index contributed by atoms with van der Waals surface area (Å²) in [6.45, 7) is 2.14. The summed E-state index contributed by atoms with van der Waals surface area (Å²) in [7, 11) is 0. The third-order valence-corrected chi connectivity index (χ3v) is 3.90. The molecule has 1 aromatic carbocycles. The van der Waals surface area contributed by atoms with Crippen LogP contribution in [0.15, 0.2) is 46.4 Å². The minimum Gasteiger partial charge on any atom is -0.461 e. The Morgan fingerprint density at radius 3 is 2.78 bits per heavy atom. The number of hydrogen-bond donors (Lipinski definition) is 1. The molecule has 2 aromatic rings. The summed E-state index contributed by atoms with van der Waals surface area (Å²) in [4.78, 5) is 12.1. The number of anilines is 1. The number of carbonyl (C=O) groups excluding carboxylic acids is 1. The van der Waals surface area contributed by atoms with Crippen LogP contribution in [0.3, 0.4) is 0 Å². The number of amides is 1. The van der Waals surface area contributed by atoms with Crippen LogP contribution < -0.4 is 5.32 Å². The summed E-state index contributed by atoms with van der Waals surface area (Å²) < 4.78 is 19.2. The zero-order valence-electron chi connectivity index (χ0n) is 12.5. The molecule has 1 aliphatic carbocycles. The van der Waals surface area contributed by atoms with Gasteiger partial charge in [-0.2, -0.15) is 5.26 Å². The molecular formula is C18H15FN2O2. The molecule has 1 aromatic heterocycles. The van der Waals surface area contributed by atoms with Crippen molar-refractivity contribution in [3.8, 4) is 6.07 Å². The maximum absolute atomic E-state index is 13.5. The van der Waals surface area contributed by atoms with Crippen LogP contribution in [0.5, 0.6) is 0 Å². The lowest BCUT2D eigenvalue weighted by Crippen LogP contribution is -2.14. The number of halogens is 1. The van der Waals surface area contributed by atoms with Gasteiger partial charge in [-0.25, -0.2) is 4.39 Å². The van der Waals surface area contributed by atoms with E-state index < -0.39 is 11.7 Å². The van der Waals surface area contributed by atoms with Gasteiger partial charge in [-0.05, 0) is 36.6 Å². The van der Waals surface area contributed by atoms with Gasteiger partial charge in [-0.3, -0.25) is 4.79 Å². The first-order valence-electron chi connectivity index (χ1n) is 7.36. The maximum Gasteiger partial charge on any atom is 0.266 e. The molecular weight excluding hydrogens is 295 g/mol. The minimum absolute atomic E-state index is 0.0330. The standard InChI is InChI=1S/C18H15FN2O2/c1-11-8-14(11)17-7-6-13(23-17)9-12(10-20)18(22)21-16-5-3-2-4-15(16)19/h2-7,9,11,14H,8H2,1H3,(H,21,22). The highest BCUT2D eigenvalue weighted by atomic mass is 19.1. The van der Waals surface area contributed by atoms with Crippen LogP contribution in [0, 0.1) is 23.1 Å². The van der Waals surface area contributed by atoms with Crippen molar-refractivity contribution in [2.45, 2.75) is 19.3 Å². The van der Waals surface area contributed by atoms with Crippen LogP contribution in [0.1, 0.15) is 30.8 Å². The van der Waals surface area contributed by atoms with Gasteiger partial charge in [0, 0.05) is 12.0 Å². The van der Waals surface area contributed by atoms with Gasteiger partial charge in [0.25, 0.3) is 5.91 Å². The quantitative estimate of drug-likeness (QED) is 0.683. The fourth-order valence-electron chi connectivity index (χ4n) is 2.41. The number of nitriles is 1. The van der Waals surface area contributed by atoms with Gasteiger partial charge < -0.3 is 9.73 Å². The number of rotatable bonds is 4. The van der Waals surface area contributed by atoms with Gasteiger partial charge in [0.05, 0.1) is 5.69 Å². The third kappa shape index (κ3) is 3.32. The van der Waals surface area contributed by atoms with Crippen LogP contribution in [0.2, 0.25) is 0 Å². The van der Waals surface area contributed by atoms with Crippen molar-refractivity contribution in [2.75, 3.05) is 5.32 Å². The molecule has 2 atom stereocenters. The Balaban J connectivity index is 1.76. The Labute approximate surface area is 133 Å². The van der Waals surface area contributed by atoms with E-state index in [4.69, 9.17) is 9.68 Å². The molecule has 3 rings (SSSR count). The van der Waals surface area contributed by atoms with E-state index >= 15 is 0 Å². The lowest BCUT2D eigenvalue weighted by atomic mass is 10.2. The van der Waals surface area contributed by atoms with Gasteiger partial charge in [0.1, 0.15) is 29.0 Å². The average molecular weight is 310 g/mol. The van der Waals surface area contributed by atoms with Crippen LogP contribution in [-0.4, -0.2) is 5.91 Å². The first-order valence-corrected chi connectivity index (χ1v) is 7.36. The summed E-state index contributed by atoms with van der Waals surface area (Å²) in [6.07, 6.45) is 2.46. The molecule has 116 valence electrons. The molecule has 0 saturated heterocycles. The van der Waals surface area contributed by atoms with Crippen molar-refractivity contribution in [1.29, 1.82) is 5.26 Å². The normalized spacial score (nSPS) is 20.0. The molecule has 23 heavy (non-hydrogen) atoms. The van der Waals surface area contributed by atoms with Crippen LogP contribution >= 0.6 is 0 Å². The highest BCUT2D eigenvalue weighted by molar-refractivity contribution is 6.09. The van der Waals surface area contributed by atoms with E-state index in [1.807, 2.05) is 12.1 Å². The van der Waals surface area contributed by atoms with E-state index in [2.05, 4.69) is 12.2 Å². The second-order valence-electron chi connectivity index (χ2n) is 5.66. The smallest absolute Gasteiger partial charge is 0.266 e. The molecule has 1 fully saturated rings. The Bertz CT molecular complexity index is 816. The van der Waals surface area contributed by atoms with Gasteiger partial charge >= 0.3 is 0 Å². The zero-order valence-corrected chi connectivity index (χ0v) is 12.5. The topological polar surface area (TPSA) is 66.0 Å². The van der Waals surface area contributed by atoms with Gasteiger partial charge in [0.2, 0.25) is 0 Å². The fraction of sp³-hybridized carbons (Fsp3) is 0.222. The van der Waals surface area contributed by atoms with E-state index in [9.17, 15) is 9.18 Å².